The fourth-order valence-corrected chi connectivity index (χ4v) is 3.88. The molecule has 2 aromatic carbocycles. The van der Waals surface area contributed by atoms with Gasteiger partial charge in [-0.1, -0.05) is 36.4 Å². The Morgan fingerprint density at radius 3 is 2.00 bits per heavy atom. The van der Waals surface area contributed by atoms with Gasteiger partial charge in [0.15, 0.2) is 0 Å². The van der Waals surface area contributed by atoms with Crippen LogP contribution in [0.5, 0.6) is 0 Å². The zero-order valence-electron chi connectivity index (χ0n) is 12.7. The predicted molar refractivity (Wildman–Crippen MR) is 98.5 cm³/mol. The molecule has 4 aromatic rings. The molecular formula is C20H17NS. The minimum Gasteiger partial charge on any atom is -0.316 e. The minimum absolute atomic E-state index is 1.25. The topological polar surface area (TPSA) is 4.93 Å². The van der Waals surface area contributed by atoms with Crippen LogP contribution in [0.4, 0.5) is 0 Å². The summed E-state index contributed by atoms with van der Waals surface area (Å²) >= 11 is 1.85. The van der Waals surface area contributed by atoms with Crippen molar-refractivity contribution in [2.45, 2.75) is 13.8 Å². The van der Waals surface area contributed by atoms with Crippen LogP contribution in [0.2, 0.25) is 0 Å². The highest BCUT2D eigenvalue weighted by molar-refractivity contribution is 7.13. The van der Waals surface area contributed by atoms with Crippen LogP contribution in [0.25, 0.3) is 34.1 Å². The Hall–Kier alpha value is -2.32. The smallest absolute Gasteiger partial charge is 0.0534 e. The first-order chi connectivity index (χ1) is 10.7. The summed E-state index contributed by atoms with van der Waals surface area (Å²) in [4.78, 5) is 2.69. The van der Waals surface area contributed by atoms with Crippen molar-refractivity contribution in [2.75, 3.05) is 0 Å². The Balaban J connectivity index is 1.92. The molecule has 0 unspecified atom stereocenters. The van der Waals surface area contributed by atoms with Crippen molar-refractivity contribution in [3.63, 3.8) is 0 Å². The highest BCUT2D eigenvalue weighted by atomic mass is 32.1. The van der Waals surface area contributed by atoms with Gasteiger partial charge in [-0.2, -0.15) is 0 Å². The van der Waals surface area contributed by atoms with Crippen molar-refractivity contribution in [3.05, 3.63) is 69.9 Å². The molecule has 0 radical (unpaired) electrons. The number of fused-ring (bicyclic) bond motifs is 3. The van der Waals surface area contributed by atoms with Crippen LogP contribution < -0.4 is 0 Å². The summed E-state index contributed by atoms with van der Waals surface area (Å²) in [6, 6.07) is 19.4. The lowest BCUT2D eigenvalue weighted by atomic mass is 10.2. The van der Waals surface area contributed by atoms with E-state index in [0.717, 1.165) is 0 Å². The average Bonchev–Trinajstić information content (AvgIpc) is 3.03. The first kappa shape index (κ1) is 13.4. The Morgan fingerprint density at radius 2 is 1.45 bits per heavy atom. The van der Waals surface area contributed by atoms with Crippen molar-refractivity contribution in [1.29, 1.82) is 0 Å². The summed E-state index contributed by atoms with van der Waals surface area (Å²) in [5, 5.41) is 2.61. The Morgan fingerprint density at radius 1 is 0.864 bits per heavy atom. The Bertz CT molecular complexity index is 928. The number of nitrogens with zero attached hydrogens (tertiary/aromatic N) is 1. The zero-order chi connectivity index (χ0) is 15.1. The lowest BCUT2D eigenvalue weighted by molar-refractivity contribution is 1.30. The Kier molecular flexibility index (Phi) is 3.12. The van der Waals surface area contributed by atoms with E-state index in [0.29, 0.717) is 0 Å². The second-order valence-corrected chi connectivity index (χ2v) is 6.90. The first-order valence-electron chi connectivity index (χ1n) is 7.47. The van der Waals surface area contributed by atoms with Gasteiger partial charge in [0.25, 0.3) is 0 Å². The van der Waals surface area contributed by atoms with Gasteiger partial charge in [0.2, 0.25) is 0 Å². The van der Waals surface area contributed by atoms with Crippen LogP contribution in [0.1, 0.15) is 15.3 Å². The summed E-state index contributed by atoms with van der Waals surface area (Å²) in [7, 11) is 0. The summed E-state index contributed by atoms with van der Waals surface area (Å²) < 4.78 is 2.29. The third-order valence-corrected chi connectivity index (χ3v) is 5.31. The average molecular weight is 303 g/mol. The van der Waals surface area contributed by atoms with Crippen molar-refractivity contribution in [3.8, 4) is 0 Å². The first-order valence-corrected chi connectivity index (χ1v) is 8.28. The molecule has 2 heterocycles. The Labute approximate surface area is 134 Å². The van der Waals surface area contributed by atoms with E-state index in [1.165, 1.54) is 37.1 Å². The second kappa shape index (κ2) is 5.15. The summed E-state index contributed by atoms with van der Waals surface area (Å²) in [5.41, 5.74) is 3.88. The predicted octanol–water partition coefficient (Wildman–Crippen LogP) is 6.10. The molecule has 22 heavy (non-hydrogen) atoms. The van der Waals surface area contributed by atoms with Crippen LogP contribution in [0, 0.1) is 13.8 Å². The molecule has 0 N–H and O–H groups in total. The minimum atomic E-state index is 1.25. The number of thiophene rings is 1. The molecule has 108 valence electrons. The van der Waals surface area contributed by atoms with E-state index < -0.39 is 0 Å². The number of hydrogen-bond donors (Lipinski definition) is 0. The summed E-state index contributed by atoms with van der Waals surface area (Å²) in [6.45, 7) is 4.35. The maximum absolute atomic E-state index is 2.29. The standard InChI is InChI=1S/C20H17NS/c1-14-13-16(22-15(14)2)11-12-21-19-9-5-3-7-17(19)18-8-4-6-10-20(18)21/h3-13H,1-2H3/b12-11+. The molecule has 2 heteroatoms. The van der Waals surface area contributed by atoms with Gasteiger partial charge in [-0.25, -0.2) is 0 Å². The normalized spacial score (nSPS) is 11.9. The second-order valence-electron chi connectivity index (χ2n) is 5.61. The van der Waals surface area contributed by atoms with Gasteiger partial charge in [-0.15, -0.1) is 11.3 Å². The van der Waals surface area contributed by atoms with E-state index >= 15 is 0 Å². The van der Waals surface area contributed by atoms with Crippen LogP contribution >= 0.6 is 11.3 Å². The van der Waals surface area contributed by atoms with E-state index in [1.807, 2.05) is 11.3 Å². The highest BCUT2D eigenvalue weighted by Gasteiger charge is 2.07. The SMILES string of the molecule is Cc1cc(/C=C/n2c3ccccc3c3ccccc32)sc1C. The van der Waals surface area contributed by atoms with E-state index in [-0.39, 0.29) is 0 Å². The fraction of sp³-hybridized carbons (Fsp3) is 0.100. The lowest BCUT2D eigenvalue weighted by Crippen LogP contribution is -1.84. The van der Waals surface area contributed by atoms with Crippen molar-refractivity contribution in [1.82, 2.24) is 4.57 Å². The third-order valence-electron chi connectivity index (χ3n) is 4.19. The maximum atomic E-state index is 2.29. The molecule has 0 spiro atoms. The lowest BCUT2D eigenvalue weighted by Gasteiger charge is -1.99. The quantitative estimate of drug-likeness (QED) is 0.421. The van der Waals surface area contributed by atoms with Crippen molar-refractivity contribution >= 4 is 45.4 Å². The van der Waals surface area contributed by atoms with Gasteiger partial charge in [-0.05, 0) is 43.7 Å². The van der Waals surface area contributed by atoms with Gasteiger partial charge in [0.05, 0.1) is 11.0 Å². The molecular weight excluding hydrogens is 286 g/mol. The molecule has 0 amide bonds. The van der Waals surface area contributed by atoms with E-state index in [4.69, 9.17) is 0 Å². The largest absolute Gasteiger partial charge is 0.316 e. The third kappa shape index (κ3) is 2.08. The van der Waals surface area contributed by atoms with Gasteiger partial charge in [-0.3, -0.25) is 0 Å². The van der Waals surface area contributed by atoms with E-state index in [9.17, 15) is 0 Å². The molecule has 0 bridgehead atoms. The molecule has 1 nitrogen and oxygen atoms in total. The molecule has 0 atom stereocenters. The molecule has 0 aliphatic rings. The summed E-state index contributed by atoms with van der Waals surface area (Å²) in [6.07, 6.45) is 4.40. The zero-order valence-corrected chi connectivity index (χ0v) is 13.5. The molecule has 4 rings (SSSR count). The number of aryl methyl sites for hydroxylation is 2. The monoisotopic (exact) mass is 303 g/mol. The number of hydrogen-bond acceptors (Lipinski definition) is 1. The van der Waals surface area contributed by atoms with Crippen LogP contribution in [-0.2, 0) is 0 Å². The molecule has 0 saturated carbocycles. The van der Waals surface area contributed by atoms with E-state index in [1.54, 1.807) is 0 Å². The van der Waals surface area contributed by atoms with Gasteiger partial charge in [0, 0.05) is 26.7 Å². The van der Waals surface area contributed by atoms with Crippen LogP contribution in [0.3, 0.4) is 0 Å². The van der Waals surface area contributed by atoms with Crippen LogP contribution in [-0.4, -0.2) is 4.57 Å². The fourth-order valence-electron chi connectivity index (χ4n) is 2.95. The number of para-hydroxylation sites is 2. The molecule has 0 aliphatic carbocycles. The summed E-state index contributed by atoms with van der Waals surface area (Å²) in [5.74, 6) is 0. The van der Waals surface area contributed by atoms with Crippen molar-refractivity contribution < 1.29 is 0 Å². The number of rotatable bonds is 2. The molecule has 0 saturated heterocycles. The van der Waals surface area contributed by atoms with Gasteiger partial charge >= 0.3 is 0 Å². The van der Waals surface area contributed by atoms with Crippen LogP contribution in [0.15, 0.2) is 54.6 Å². The number of benzene rings is 2. The highest BCUT2D eigenvalue weighted by Crippen LogP contribution is 2.30. The van der Waals surface area contributed by atoms with Gasteiger partial charge in [0.1, 0.15) is 0 Å². The number of aromatic nitrogens is 1. The molecule has 0 aliphatic heterocycles. The molecule has 0 fully saturated rings. The van der Waals surface area contributed by atoms with Gasteiger partial charge < -0.3 is 4.57 Å². The molecule has 2 aromatic heterocycles. The maximum Gasteiger partial charge on any atom is 0.0534 e. The van der Waals surface area contributed by atoms with Crippen molar-refractivity contribution in [2.24, 2.45) is 0 Å². The van der Waals surface area contributed by atoms with E-state index in [2.05, 4.69) is 85.3 Å².